The predicted molar refractivity (Wildman–Crippen MR) is 119 cm³/mol. The number of ether oxygens (including phenoxy) is 2. The monoisotopic (exact) mass is 421 g/mol. The standard InChI is InChI=1S/C23H23N3O3S/c1-4-25-22(27)17-12-15-14-7-5-6-8-16(14)24-20(15)21(26(17)23(25)30)13-9-10-18(28-2)19(11-13)29-3/h5-11,17,21,24H,4,12H2,1-3H3/t17-,21+/m0/s1. The Morgan fingerprint density at radius 3 is 2.63 bits per heavy atom. The normalized spacial score (nSPS) is 20.5. The second-order valence-corrected chi connectivity index (χ2v) is 7.94. The lowest BCUT2D eigenvalue weighted by Gasteiger charge is -2.37. The van der Waals surface area contributed by atoms with Crippen molar-refractivity contribution in [3.8, 4) is 11.5 Å². The number of carbonyl (C=O) groups is 1. The minimum Gasteiger partial charge on any atom is -0.493 e. The molecular formula is C23H23N3O3S. The van der Waals surface area contributed by atoms with Crippen molar-refractivity contribution in [2.75, 3.05) is 20.8 Å². The Kier molecular flexibility index (Phi) is 4.43. The molecule has 1 N–H and O–H groups in total. The Hall–Kier alpha value is -3.06. The summed E-state index contributed by atoms with van der Waals surface area (Å²) in [5.74, 6) is 1.39. The third-order valence-corrected chi connectivity index (χ3v) is 6.61. The second kappa shape index (κ2) is 7.02. The molecule has 2 atom stereocenters. The zero-order valence-electron chi connectivity index (χ0n) is 17.1. The first-order valence-electron chi connectivity index (χ1n) is 10.0. The number of likely N-dealkylation sites (N-methyl/N-ethyl adjacent to an activating group) is 1. The average Bonchev–Trinajstić information content (AvgIpc) is 3.26. The van der Waals surface area contributed by atoms with E-state index >= 15 is 0 Å². The minimum atomic E-state index is -0.303. The lowest BCUT2D eigenvalue weighted by molar-refractivity contribution is -0.128. The molecule has 154 valence electrons. The zero-order valence-corrected chi connectivity index (χ0v) is 18.0. The summed E-state index contributed by atoms with van der Waals surface area (Å²) in [6.45, 7) is 2.53. The van der Waals surface area contributed by atoms with Crippen molar-refractivity contribution >= 4 is 34.1 Å². The first-order chi connectivity index (χ1) is 14.6. The maximum absolute atomic E-state index is 13.2. The molecule has 0 radical (unpaired) electrons. The summed E-state index contributed by atoms with van der Waals surface area (Å²) in [6.07, 6.45) is 0.638. The summed E-state index contributed by atoms with van der Waals surface area (Å²) >= 11 is 5.77. The van der Waals surface area contributed by atoms with Gasteiger partial charge in [0.25, 0.3) is 5.91 Å². The predicted octanol–water partition coefficient (Wildman–Crippen LogP) is 3.65. The number of hydrogen-bond donors (Lipinski definition) is 1. The van der Waals surface area contributed by atoms with Gasteiger partial charge in [-0.3, -0.25) is 9.69 Å². The highest BCUT2D eigenvalue weighted by atomic mass is 32.1. The molecule has 1 amide bonds. The number of thiocarbonyl (C=S) groups is 1. The highest BCUT2D eigenvalue weighted by molar-refractivity contribution is 7.80. The molecule has 0 unspecified atom stereocenters. The quantitative estimate of drug-likeness (QED) is 0.652. The summed E-state index contributed by atoms with van der Waals surface area (Å²) < 4.78 is 11.0. The lowest BCUT2D eigenvalue weighted by atomic mass is 9.89. The van der Waals surface area contributed by atoms with Crippen molar-refractivity contribution in [2.24, 2.45) is 0 Å². The number of amides is 1. The van der Waals surface area contributed by atoms with Crippen LogP contribution in [0.5, 0.6) is 11.5 Å². The number of aromatic amines is 1. The molecule has 7 heteroatoms. The van der Waals surface area contributed by atoms with Gasteiger partial charge in [0.2, 0.25) is 0 Å². The Labute approximate surface area is 180 Å². The highest BCUT2D eigenvalue weighted by Crippen LogP contribution is 2.45. The van der Waals surface area contributed by atoms with Crippen LogP contribution in [0.4, 0.5) is 0 Å². The van der Waals surface area contributed by atoms with Crippen LogP contribution < -0.4 is 9.47 Å². The van der Waals surface area contributed by atoms with E-state index in [2.05, 4.69) is 22.0 Å². The number of methoxy groups -OCH3 is 2. The molecule has 2 aliphatic rings. The van der Waals surface area contributed by atoms with E-state index in [1.165, 1.54) is 5.56 Å². The third-order valence-electron chi connectivity index (χ3n) is 6.17. The molecule has 6 nitrogen and oxygen atoms in total. The van der Waals surface area contributed by atoms with Crippen molar-refractivity contribution in [3.63, 3.8) is 0 Å². The van der Waals surface area contributed by atoms with Crippen molar-refractivity contribution in [3.05, 3.63) is 59.3 Å². The lowest BCUT2D eigenvalue weighted by Crippen LogP contribution is -2.44. The summed E-state index contributed by atoms with van der Waals surface area (Å²) in [6, 6.07) is 13.6. The number of nitrogens with one attached hydrogen (secondary N) is 1. The molecular weight excluding hydrogens is 398 g/mol. The maximum atomic E-state index is 13.2. The van der Waals surface area contributed by atoms with E-state index in [-0.39, 0.29) is 18.0 Å². The Morgan fingerprint density at radius 2 is 1.90 bits per heavy atom. The van der Waals surface area contributed by atoms with Crippen LogP contribution in [-0.2, 0) is 11.2 Å². The molecule has 1 aromatic heterocycles. The van der Waals surface area contributed by atoms with Gasteiger partial charge in [-0.2, -0.15) is 0 Å². The SMILES string of the molecule is CCN1C(=O)[C@@H]2Cc3c([nH]c4ccccc34)[C@@H](c3ccc(OC)c(OC)c3)N2C1=S. The first kappa shape index (κ1) is 18.9. The number of H-pyrrole nitrogens is 1. The summed E-state index contributed by atoms with van der Waals surface area (Å²) in [7, 11) is 3.25. The summed E-state index contributed by atoms with van der Waals surface area (Å²) in [4.78, 5) is 20.6. The molecule has 0 aliphatic carbocycles. The van der Waals surface area contributed by atoms with Gasteiger partial charge < -0.3 is 19.4 Å². The van der Waals surface area contributed by atoms with Crippen molar-refractivity contribution in [2.45, 2.75) is 25.4 Å². The highest BCUT2D eigenvalue weighted by Gasteiger charge is 2.50. The fourth-order valence-corrected chi connectivity index (χ4v) is 5.24. The van der Waals surface area contributed by atoms with Crippen molar-refractivity contribution in [1.29, 1.82) is 0 Å². The Morgan fingerprint density at radius 1 is 1.13 bits per heavy atom. The van der Waals surface area contributed by atoms with Gasteiger partial charge in [0.15, 0.2) is 16.6 Å². The molecule has 2 aliphatic heterocycles. The van der Waals surface area contributed by atoms with E-state index in [1.807, 2.05) is 37.3 Å². The van der Waals surface area contributed by atoms with Crippen molar-refractivity contribution in [1.82, 2.24) is 14.8 Å². The molecule has 1 saturated heterocycles. The van der Waals surface area contributed by atoms with E-state index in [9.17, 15) is 4.79 Å². The van der Waals surface area contributed by atoms with Gasteiger partial charge in [-0.25, -0.2) is 0 Å². The van der Waals surface area contributed by atoms with Gasteiger partial charge in [0.05, 0.1) is 20.3 Å². The number of benzene rings is 2. The zero-order chi connectivity index (χ0) is 21.0. The number of nitrogens with zero attached hydrogens (tertiary/aromatic N) is 2. The fourth-order valence-electron chi connectivity index (χ4n) is 4.79. The average molecular weight is 422 g/mol. The van der Waals surface area contributed by atoms with Gasteiger partial charge in [-0.15, -0.1) is 0 Å². The van der Waals surface area contributed by atoms with Gasteiger partial charge in [0.1, 0.15) is 6.04 Å². The molecule has 5 rings (SSSR count). The smallest absolute Gasteiger partial charge is 0.251 e. The number of para-hydroxylation sites is 1. The van der Waals surface area contributed by atoms with Gasteiger partial charge in [-0.1, -0.05) is 24.3 Å². The van der Waals surface area contributed by atoms with Crippen LogP contribution in [0.25, 0.3) is 10.9 Å². The van der Waals surface area contributed by atoms with Crippen molar-refractivity contribution < 1.29 is 14.3 Å². The van der Waals surface area contributed by atoms with Crippen LogP contribution in [-0.4, -0.2) is 52.6 Å². The Bertz CT molecular complexity index is 1170. The van der Waals surface area contributed by atoms with Crippen LogP contribution in [0.3, 0.4) is 0 Å². The third kappa shape index (κ3) is 2.55. The number of rotatable bonds is 4. The van der Waals surface area contributed by atoms with Gasteiger partial charge in [-0.05, 0) is 48.5 Å². The second-order valence-electron chi connectivity index (χ2n) is 7.57. The molecule has 2 aromatic carbocycles. The van der Waals surface area contributed by atoms with Crippen LogP contribution >= 0.6 is 12.2 Å². The number of fused-ring (bicyclic) bond motifs is 4. The molecule has 0 saturated carbocycles. The first-order valence-corrected chi connectivity index (χ1v) is 10.4. The Balaban J connectivity index is 1.74. The number of carbonyl (C=O) groups excluding carboxylic acids is 1. The molecule has 3 heterocycles. The molecule has 0 bridgehead atoms. The number of aromatic nitrogens is 1. The molecule has 30 heavy (non-hydrogen) atoms. The summed E-state index contributed by atoms with van der Waals surface area (Å²) in [5, 5.41) is 1.74. The minimum absolute atomic E-state index is 0.0731. The molecule has 1 fully saturated rings. The van der Waals surface area contributed by atoms with E-state index < -0.39 is 0 Å². The largest absolute Gasteiger partial charge is 0.493 e. The topological polar surface area (TPSA) is 57.8 Å². The van der Waals surface area contributed by atoms with E-state index in [0.29, 0.717) is 29.6 Å². The van der Waals surface area contributed by atoms with Crippen LogP contribution in [0, 0.1) is 0 Å². The maximum Gasteiger partial charge on any atom is 0.251 e. The van der Waals surface area contributed by atoms with Crippen LogP contribution in [0.1, 0.15) is 29.8 Å². The van der Waals surface area contributed by atoms with E-state index in [1.54, 1.807) is 19.1 Å². The molecule has 3 aromatic rings. The summed E-state index contributed by atoms with van der Waals surface area (Å²) in [5.41, 5.74) is 4.33. The van der Waals surface area contributed by atoms with Crippen LogP contribution in [0.2, 0.25) is 0 Å². The van der Waals surface area contributed by atoms with Gasteiger partial charge >= 0.3 is 0 Å². The van der Waals surface area contributed by atoms with Crippen LogP contribution in [0.15, 0.2) is 42.5 Å². The number of hydrogen-bond acceptors (Lipinski definition) is 4. The van der Waals surface area contributed by atoms with E-state index in [0.717, 1.165) is 22.2 Å². The molecule has 0 spiro atoms. The van der Waals surface area contributed by atoms with Gasteiger partial charge in [0, 0.05) is 29.6 Å². The van der Waals surface area contributed by atoms with E-state index in [4.69, 9.17) is 21.7 Å². The fraction of sp³-hybridized carbons (Fsp3) is 0.304.